The molecule has 0 aliphatic carbocycles. The number of hydrogen-bond donors (Lipinski definition) is 0. The summed E-state index contributed by atoms with van der Waals surface area (Å²) in [6.45, 7) is 6.63. The Morgan fingerprint density at radius 3 is 2.00 bits per heavy atom. The minimum absolute atomic E-state index is 1.13. The van der Waals surface area contributed by atoms with Gasteiger partial charge in [0.25, 0.3) is 0 Å². The quantitative estimate of drug-likeness (QED) is 0.422. The largest absolute Gasteiger partial charge is 0.363 e. The molecule has 0 heterocycles. The van der Waals surface area contributed by atoms with Gasteiger partial charge >= 0.3 is 0 Å². The SMILES string of the molecule is CCCN(C=NC)CCC. The number of nitrogens with zero attached hydrogens (tertiary/aromatic N) is 2. The standard InChI is InChI=1S/C8H18N2/c1-4-6-10(7-5-2)8-9-3/h8H,4-7H2,1-3H3. The van der Waals surface area contributed by atoms with E-state index >= 15 is 0 Å². The van der Waals surface area contributed by atoms with Crippen molar-refractivity contribution in [2.45, 2.75) is 26.7 Å². The van der Waals surface area contributed by atoms with Crippen molar-refractivity contribution in [3.8, 4) is 0 Å². The average molecular weight is 142 g/mol. The molecule has 0 fully saturated rings. The van der Waals surface area contributed by atoms with E-state index in [2.05, 4.69) is 23.7 Å². The second-order valence-corrected chi connectivity index (χ2v) is 2.41. The summed E-state index contributed by atoms with van der Waals surface area (Å²) in [4.78, 5) is 6.22. The molecule has 0 aromatic carbocycles. The molecule has 0 saturated carbocycles. The van der Waals surface area contributed by atoms with E-state index < -0.39 is 0 Å². The molecule has 0 radical (unpaired) electrons. The zero-order chi connectivity index (χ0) is 7.82. The molecule has 0 aliphatic heterocycles. The van der Waals surface area contributed by atoms with Crippen LogP contribution in [0.4, 0.5) is 0 Å². The van der Waals surface area contributed by atoms with Crippen molar-refractivity contribution in [3.05, 3.63) is 0 Å². The third-order valence-electron chi connectivity index (χ3n) is 1.30. The highest BCUT2D eigenvalue weighted by molar-refractivity contribution is 5.54. The summed E-state index contributed by atoms with van der Waals surface area (Å²) < 4.78 is 0. The molecule has 0 N–H and O–H groups in total. The van der Waals surface area contributed by atoms with Crippen LogP contribution < -0.4 is 0 Å². The predicted molar refractivity (Wildman–Crippen MR) is 46.6 cm³/mol. The molecule has 0 spiro atoms. The Hall–Kier alpha value is -0.530. The Morgan fingerprint density at radius 2 is 1.70 bits per heavy atom. The summed E-state index contributed by atoms with van der Waals surface area (Å²) in [5.41, 5.74) is 0. The topological polar surface area (TPSA) is 15.6 Å². The van der Waals surface area contributed by atoms with Gasteiger partial charge in [-0.05, 0) is 12.8 Å². The second-order valence-electron chi connectivity index (χ2n) is 2.41. The first-order valence-electron chi connectivity index (χ1n) is 4.01. The van der Waals surface area contributed by atoms with Gasteiger partial charge in [0, 0.05) is 20.1 Å². The lowest BCUT2D eigenvalue weighted by molar-refractivity contribution is 0.428. The van der Waals surface area contributed by atoms with Crippen molar-refractivity contribution >= 4 is 6.34 Å². The van der Waals surface area contributed by atoms with Crippen LogP contribution in [0.2, 0.25) is 0 Å². The third kappa shape index (κ3) is 4.36. The fourth-order valence-electron chi connectivity index (χ4n) is 0.965. The van der Waals surface area contributed by atoms with E-state index in [-0.39, 0.29) is 0 Å². The van der Waals surface area contributed by atoms with Crippen LogP contribution in [0.15, 0.2) is 4.99 Å². The van der Waals surface area contributed by atoms with E-state index in [4.69, 9.17) is 0 Å². The normalized spacial score (nSPS) is 10.7. The van der Waals surface area contributed by atoms with Gasteiger partial charge in [0.05, 0.1) is 6.34 Å². The molecule has 10 heavy (non-hydrogen) atoms. The molecule has 0 amide bonds. The van der Waals surface area contributed by atoms with Crippen molar-refractivity contribution < 1.29 is 0 Å². The van der Waals surface area contributed by atoms with Crippen LogP contribution in [0.25, 0.3) is 0 Å². The van der Waals surface area contributed by atoms with Crippen LogP contribution in [-0.2, 0) is 0 Å². The first-order valence-corrected chi connectivity index (χ1v) is 4.01. The van der Waals surface area contributed by atoms with Gasteiger partial charge in [-0.1, -0.05) is 13.8 Å². The Bertz CT molecular complexity index is 83.3. The van der Waals surface area contributed by atoms with Crippen molar-refractivity contribution in [1.82, 2.24) is 4.90 Å². The van der Waals surface area contributed by atoms with Crippen LogP contribution >= 0.6 is 0 Å². The summed E-state index contributed by atoms with van der Waals surface area (Å²) in [5.74, 6) is 0. The second kappa shape index (κ2) is 6.59. The van der Waals surface area contributed by atoms with Crippen molar-refractivity contribution in [1.29, 1.82) is 0 Å². The summed E-state index contributed by atoms with van der Waals surface area (Å²) in [5, 5.41) is 0. The van der Waals surface area contributed by atoms with E-state index in [0.29, 0.717) is 0 Å². The smallest absolute Gasteiger partial charge is 0.0846 e. The Kier molecular flexibility index (Phi) is 6.24. The zero-order valence-corrected chi connectivity index (χ0v) is 7.30. The lowest BCUT2D eigenvalue weighted by Gasteiger charge is -2.16. The fourth-order valence-corrected chi connectivity index (χ4v) is 0.965. The zero-order valence-electron chi connectivity index (χ0n) is 7.30. The van der Waals surface area contributed by atoms with Gasteiger partial charge < -0.3 is 4.90 Å². The molecular weight excluding hydrogens is 124 g/mol. The van der Waals surface area contributed by atoms with Crippen molar-refractivity contribution in [2.75, 3.05) is 20.1 Å². The Labute approximate surface area is 63.9 Å². The third-order valence-corrected chi connectivity index (χ3v) is 1.30. The van der Waals surface area contributed by atoms with Crippen LogP contribution in [0.1, 0.15) is 26.7 Å². The maximum absolute atomic E-state index is 3.97. The van der Waals surface area contributed by atoms with E-state index in [1.807, 2.05) is 13.4 Å². The van der Waals surface area contributed by atoms with Crippen LogP contribution in [0.3, 0.4) is 0 Å². The maximum atomic E-state index is 3.97. The molecule has 0 atom stereocenters. The molecule has 2 heteroatoms. The highest BCUT2D eigenvalue weighted by Crippen LogP contribution is 1.89. The first kappa shape index (κ1) is 9.47. The summed E-state index contributed by atoms with van der Waals surface area (Å²) in [6.07, 6.45) is 4.32. The number of aliphatic imine (C=N–C) groups is 1. The number of hydrogen-bond acceptors (Lipinski definition) is 1. The molecule has 0 unspecified atom stereocenters. The molecule has 0 aliphatic rings. The van der Waals surface area contributed by atoms with Gasteiger partial charge in [0.1, 0.15) is 0 Å². The highest BCUT2D eigenvalue weighted by Gasteiger charge is 1.93. The van der Waals surface area contributed by atoms with Crippen molar-refractivity contribution in [3.63, 3.8) is 0 Å². The van der Waals surface area contributed by atoms with Gasteiger partial charge in [-0.15, -0.1) is 0 Å². The Balaban J connectivity index is 3.50. The molecule has 60 valence electrons. The maximum Gasteiger partial charge on any atom is 0.0846 e. The molecular formula is C8H18N2. The van der Waals surface area contributed by atoms with Crippen LogP contribution in [0.5, 0.6) is 0 Å². The van der Waals surface area contributed by atoms with Gasteiger partial charge in [-0.25, -0.2) is 0 Å². The monoisotopic (exact) mass is 142 g/mol. The van der Waals surface area contributed by atoms with E-state index in [0.717, 1.165) is 13.1 Å². The first-order chi connectivity index (χ1) is 4.85. The number of rotatable bonds is 5. The van der Waals surface area contributed by atoms with Gasteiger partial charge in [0.2, 0.25) is 0 Å². The van der Waals surface area contributed by atoms with Gasteiger partial charge in [0.15, 0.2) is 0 Å². The predicted octanol–water partition coefficient (Wildman–Crippen LogP) is 1.77. The molecule has 0 saturated heterocycles. The molecule has 0 rings (SSSR count). The lowest BCUT2D eigenvalue weighted by Crippen LogP contribution is -2.23. The van der Waals surface area contributed by atoms with Gasteiger partial charge in [-0.2, -0.15) is 0 Å². The summed E-state index contributed by atoms with van der Waals surface area (Å²) in [6, 6.07) is 0. The molecule has 0 bridgehead atoms. The molecule has 0 aromatic heterocycles. The minimum atomic E-state index is 1.13. The highest BCUT2D eigenvalue weighted by atomic mass is 15.1. The Morgan fingerprint density at radius 1 is 1.20 bits per heavy atom. The van der Waals surface area contributed by atoms with E-state index in [9.17, 15) is 0 Å². The van der Waals surface area contributed by atoms with E-state index in [1.165, 1.54) is 12.8 Å². The van der Waals surface area contributed by atoms with E-state index in [1.54, 1.807) is 0 Å². The fraction of sp³-hybridized carbons (Fsp3) is 0.875. The average Bonchev–Trinajstić information content (AvgIpc) is 1.90. The van der Waals surface area contributed by atoms with Crippen LogP contribution in [0, 0.1) is 0 Å². The molecule has 0 aromatic rings. The van der Waals surface area contributed by atoms with Crippen molar-refractivity contribution in [2.24, 2.45) is 4.99 Å². The summed E-state index contributed by atoms with van der Waals surface area (Å²) in [7, 11) is 1.82. The summed E-state index contributed by atoms with van der Waals surface area (Å²) >= 11 is 0. The molecule has 2 nitrogen and oxygen atoms in total. The van der Waals surface area contributed by atoms with Gasteiger partial charge in [-0.3, -0.25) is 4.99 Å². The van der Waals surface area contributed by atoms with Crippen LogP contribution in [-0.4, -0.2) is 31.4 Å². The minimum Gasteiger partial charge on any atom is -0.363 e. The lowest BCUT2D eigenvalue weighted by atomic mass is 10.4.